The minimum Gasteiger partial charge on any atom is -0.355 e. The third-order valence-electron chi connectivity index (χ3n) is 3.25. The number of hydrogen-bond acceptors (Lipinski definition) is 2. The lowest BCUT2D eigenvalue weighted by atomic mass is 10.1. The van der Waals surface area contributed by atoms with Crippen molar-refractivity contribution >= 4 is 33.4 Å². The molecule has 0 spiro atoms. The van der Waals surface area contributed by atoms with E-state index in [0.717, 1.165) is 34.4 Å². The molecule has 19 heavy (non-hydrogen) atoms. The number of carbonyl (C=O) groups excluding carboxylic acids is 1. The fourth-order valence-electron chi connectivity index (χ4n) is 1.93. The van der Waals surface area contributed by atoms with Gasteiger partial charge in [-0.2, -0.15) is 0 Å². The van der Waals surface area contributed by atoms with Crippen LogP contribution in [-0.2, 0) is 4.79 Å². The lowest BCUT2D eigenvalue weighted by Gasteiger charge is -2.16. The Bertz CT molecular complexity index is 463. The molecular formula is C14H18BrClN2O. The van der Waals surface area contributed by atoms with Crippen molar-refractivity contribution in [1.29, 1.82) is 0 Å². The van der Waals surface area contributed by atoms with Gasteiger partial charge in [-0.15, -0.1) is 0 Å². The van der Waals surface area contributed by atoms with E-state index >= 15 is 0 Å². The molecule has 1 aromatic rings. The summed E-state index contributed by atoms with van der Waals surface area (Å²) in [6.07, 6.45) is 2.09. The molecule has 1 aliphatic rings. The van der Waals surface area contributed by atoms with Gasteiger partial charge in [-0.05, 0) is 37.5 Å². The van der Waals surface area contributed by atoms with Gasteiger partial charge in [0.15, 0.2) is 0 Å². The fraction of sp³-hybridized carbons (Fsp3) is 0.500. The van der Waals surface area contributed by atoms with Gasteiger partial charge >= 0.3 is 0 Å². The Morgan fingerprint density at radius 2 is 2.21 bits per heavy atom. The van der Waals surface area contributed by atoms with Crippen LogP contribution < -0.4 is 10.6 Å². The first kappa shape index (κ1) is 14.8. The Morgan fingerprint density at radius 3 is 2.84 bits per heavy atom. The smallest absolute Gasteiger partial charge is 0.223 e. The average Bonchev–Trinajstić information content (AvgIpc) is 3.18. The maximum absolute atomic E-state index is 11.4. The topological polar surface area (TPSA) is 41.1 Å². The van der Waals surface area contributed by atoms with E-state index in [9.17, 15) is 4.79 Å². The van der Waals surface area contributed by atoms with Crippen LogP contribution in [0.4, 0.5) is 0 Å². The number of nitrogens with one attached hydrogen (secondary N) is 2. The maximum atomic E-state index is 11.4. The van der Waals surface area contributed by atoms with Gasteiger partial charge in [0, 0.05) is 34.5 Å². The minimum atomic E-state index is 0.165. The van der Waals surface area contributed by atoms with Crippen molar-refractivity contribution in [1.82, 2.24) is 10.6 Å². The molecule has 104 valence electrons. The second kappa shape index (κ2) is 6.73. The van der Waals surface area contributed by atoms with Crippen molar-refractivity contribution in [2.24, 2.45) is 5.92 Å². The summed E-state index contributed by atoms with van der Waals surface area (Å²) < 4.78 is 0.977. The minimum absolute atomic E-state index is 0.165. The molecule has 0 aromatic heterocycles. The van der Waals surface area contributed by atoms with E-state index in [1.54, 1.807) is 0 Å². The van der Waals surface area contributed by atoms with E-state index in [2.05, 4.69) is 33.5 Å². The van der Waals surface area contributed by atoms with Gasteiger partial charge in [-0.1, -0.05) is 33.6 Å². The van der Waals surface area contributed by atoms with Gasteiger partial charge in [0.25, 0.3) is 0 Å². The van der Waals surface area contributed by atoms with Crippen LogP contribution in [0.1, 0.15) is 31.4 Å². The molecule has 3 nitrogen and oxygen atoms in total. The standard InChI is InChI=1S/C14H18BrClN2O/c1-9(12-5-4-11(15)8-13(12)16)17-6-7-18-14(19)10-2-3-10/h4-5,8-10,17H,2-3,6-7H2,1H3,(H,18,19). The van der Waals surface area contributed by atoms with Crippen molar-refractivity contribution in [3.8, 4) is 0 Å². The van der Waals surface area contributed by atoms with E-state index in [4.69, 9.17) is 11.6 Å². The molecule has 2 N–H and O–H groups in total. The van der Waals surface area contributed by atoms with Crippen molar-refractivity contribution in [3.05, 3.63) is 33.3 Å². The third-order valence-corrected chi connectivity index (χ3v) is 4.07. The first-order valence-corrected chi connectivity index (χ1v) is 7.71. The fourth-order valence-corrected chi connectivity index (χ4v) is 2.76. The molecule has 1 aliphatic carbocycles. The van der Waals surface area contributed by atoms with E-state index in [-0.39, 0.29) is 17.9 Å². The predicted molar refractivity (Wildman–Crippen MR) is 81.3 cm³/mol. The second-order valence-corrected chi connectivity index (χ2v) is 6.23. The van der Waals surface area contributed by atoms with Crippen LogP contribution in [0.25, 0.3) is 0 Å². The van der Waals surface area contributed by atoms with Gasteiger partial charge in [-0.3, -0.25) is 4.79 Å². The number of hydrogen-bond donors (Lipinski definition) is 2. The summed E-state index contributed by atoms with van der Waals surface area (Å²) in [6.45, 7) is 3.47. The van der Waals surface area contributed by atoms with Crippen molar-refractivity contribution in [2.75, 3.05) is 13.1 Å². The van der Waals surface area contributed by atoms with Crippen LogP contribution in [0.15, 0.2) is 22.7 Å². The number of benzene rings is 1. The van der Waals surface area contributed by atoms with E-state index in [1.165, 1.54) is 0 Å². The Labute approximate surface area is 127 Å². The van der Waals surface area contributed by atoms with E-state index < -0.39 is 0 Å². The summed E-state index contributed by atoms with van der Waals surface area (Å²) >= 11 is 9.59. The molecule has 0 radical (unpaired) electrons. The highest BCUT2D eigenvalue weighted by Gasteiger charge is 2.28. The summed E-state index contributed by atoms with van der Waals surface area (Å²) in [4.78, 5) is 11.4. The largest absolute Gasteiger partial charge is 0.355 e. The molecule has 2 rings (SSSR count). The highest BCUT2D eigenvalue weighted by Crippen LogP contribution is 2.28. The first-order chi connectivity index (χ1) is 9.08. The Morgan fingerprint density at radius 1 is 1.47 bits per heavy atom. The third kappa shape index (κ3) is 4.48. The Kier molecular flexibility index (Phi) is 5.25. The monoisotopic (exact) mass is 344 g/mol. The molecule has 0 bridgehead atoms. The maximum Gasteiger partial charge on any atom is 0.223 e. The second-order valence-electron chi connectivity index (χ2n) is 4.91. The SMILES string of the molecule is CC(NCCNC(=O)C1CC1)c1ccc(Br)cc1Cl. The van der Waals surface area contributed by atoms with Crippen LogP contribution in [0.5, 0.6) is 0 Å². The highest BCUT2D eigenvalue weighted by atomic mass is 79.9. The number of rotatable bonds is 6. The molecule has 1 atom stereocenters. The average molecular weight is 346 g/mol. The van der Waals surface area contributed by atoms with Gasteiger partial charge in [0.2, 0.25) is 5.91 Å². The van der Waals surface area contributed by atoms with Gasteiger partial charge in [0.05, 0.1) is 0 Å². The summed E-state index contributed by atoms with van der Waals surface area (Å²) in [7, 11) is 0. The molecular weight excluding hydrogens is 328 g/mol. The van der Waals surface area contributed by atoms with Crippen molar-refractivity contribution in [2.45, 2.75) is 25.8 Å². The molecule has 1 saturated carbocycles. The summed E-state index contributed by atoms with van der Waals surface area (Å²) in [5, 5.41) is 7.04. The van der Waals surface area contributed by atoms with Gasteiger partial charge < -0.3 is 10.6 Å². The lowest BCUT2D eigenvalue weighted by molar-refractivity contribution is -0.122. The summed E-state index contributed by atoms with van der Waals surface area (Å²) in [5.41, 5.74) is 1.07. The zero-order chi connectivity index (χ0) is 13.8. The van der Waals surface area contributed by atoms with Crippen molar-refractivity contribution in [3.63, 3.8) is 0 Å². The Balaban J connectivity index is 1.74. The molecule has 1 unspecified atom stereocenters. The van der Waals surface area contributed by atoms with E-state index in [0.29, 0.717) is 6.54 Å². The zero-order valence-corrected chi connectivity index (χ0v) is 13.2. The zero-order valence-electron chi connectivity index (χ0n) is 10.9. The molecule has 0 aliphatic heterocycles. The predicted octanol–water partition coefficient (Wildman–Crippen LogP) is 3.28. The molecule has 5 heteroatoms. The van der Waals surface area contributed by atoms with Crippen LogP contribution in [0.2, 0.25) is 5.02 Å². The summed E-state index contributed by atoms with van der Waals surface area (Å²) in [6, 6.07) is 6.05. The lowest BCUT2D eigenvalue weighted by Crippen LogP contribution is -2.33. The number of carbonyl (C=O) groups is 1. The van der Waals surface area contributed by atoms with E-state index in [1.807, 2.05) is 18.2 Å². The molecule has 1 aromatic carbocycles. The van der Waals surface area contributed by atoms with Crippen molar-refractivity contribution < 1.29 is 4.79 Å². The normalized spacial score (nSPS) is 16.2. The highest BCUT2D eigenvalue weighted by molar-refractivity contribution is 9.10. The Hall–Kier alpha value is -0.580. The van der Waals surface area contributed by atoms with Crippen LogP contribution in [0, 0.1) is 5.92 Å². The van der Waals surface area contributed by atoms with Gasteiger partial charge in [-0.25, -0.2) is 0 Å². The van der Waals surface area contributed by atoms with Crippen LogP contribution >= 0.6 is 27.5 Å². The van der Waals surface area contributed by atoms with Gasteiger partial charge in [0.1, 0.15) is 0 Å². The quantitative estimate of drug-likeness (QED) is 0.777. The number of amides is 1. The molecule has 0 saturated heterocycles. The molecule has 1 amide bonds. The van der Waals surface area contributed by atoms with Crippen LogP contribution in [0.3, 0.4) is 0 Å². The molecule has 0 heterocycles. The molecule has 1 fully saturated rings. The van der Waals surface area contributed by atoms with Crippen LogP contribution in [-0.4, -0.2) is 19.0 Å². The number of halogens is 2. The first-order valence-electron chi connectivity index (χ1n) is 6.54. The summed E-state index contributed by atoms with van der Waals surface area (Å²) in [5.74, 6) is 0.467.